The van der Waals surface area contributed by atoms with Gasteiger partial charge >= 0.3 is 0 Å². The van der Waals surface area contributed by atoms with Gasteiger partial charge in [0.2, 0.25) is 0 Å². The van der Waals surface area contributed by atoms with Crippen LogP contribution in [0.15, 0.2) is 29.4 Å². The molecular weight excluding hydrogens is 303 g/mol. The Morgan fingerprint density at radius 3 is 2.50 bits per heavy atom. The van der Waals surface area contributed by atoms with E-state index in [1.165, 1.54) is 32.6 Å². The van der Waals surface area contributed by atoms with E-state index in [0.717, 1.165) is 16.5 Å². The molecule has 0 nitrogen and oxygen atoms in total. The molecule has 0 amide bonds. The Bertz CT molecular complexity index is 751. The lowest BCUT2D eigenvalue weighted by Crippen LogP contribution is -2.66. The van der Waals surface area contributed by atoms with Gasteiger partial charge in [-0.25, -0.2) is 0 Å². The molecule has 0 aromatic heterocycles. The van der Waals surface area contributed by atoms with Crippen LogP contribution in [0.1, 0.15) is 30.4 Å². The highest BCUT2D eigenvalue weighted by molar-refractivity contribution is 7.09. The van der Waals surface area contributed by atoms with Gasteiger partial charge in [0.1, 0.15) is 8.07 Å². The summed E-state index contributed by atoms with van der Waals surface area (Å²) >= 11 is 13.3. The van der Waals surface area contributed by atoms with Crippen LogP contribution < -0.4 is 10.4 Å². The van der Waals surface area contributed by atoms with Crippen LogP contribution in [0.3, 0.4) is 0 Å². The molecule has 0 radical (unpaired) electrons. The minimum atomic E-state index is -1.55. The first kappa shape index (κ1) is 12.9. The first-order chi connectivity index (χ1) is 9.44. The standard InChI is InChI=1S/C17H16Cl2Si/c1-9-8-11-13(12(9)10-6-4-5-7-10)14(18)17-15(19)16(11)20(17,2)3/h4-6,8,12H,7H2,1-3H3. The lowest BCUT2D eigenvalue weighted by molar-refractivity contribution is 0.919. The van der Waals surface area contributed by atoms with E-state index in [2.05, 4.69) is 44.3 Å². The number of hydrogen-bond donors (Lipinski definition) is 0. The molecule has 20 heavy (non-hydrogen) atoms. The summed E-state index contributed by atoms with van der Waals surface area (Å²) in [5.74, 6) is 0.368. The van der Waals surface area contributed by atoms with E-state index in [4.69, 9.17) is 23.2 Å². The van der Waals surface area contributed by atoms with Crippen molar-refractivity contribution in [3.8, 4) is 0 Å². The molecule has 2 aliphatic heterocycles. The summed E-state index contributed by atoms with van der Waals surface area (Å²) in [5, 5.41) is 4.58. The Kier molecular flexibility index (Phi) is 2.53. The third kappa shape index (κ3) is 1.34. The van der Waals surface area contributed by atoms with Crippen molar-refractivity contribution in [3.63, 3.8) is 0 Å². The van der Waals surface area contributed by atoms with Gasteiger partial charge in [-0.1, -0.05) is 71.7 Å². The fraction of sp³-hybridized carbons (Fsp3) is 0.294. The van der Waals surface area contributed by atoms with Crippen molar-refractivity contribution in [2.75, 3.05) is 0 Å². The van der Waals surface area contributed by atoms with Crippen molar-refractivity contribution in [2.45, 2.75) is 32.4 Å². The third-order valence-electron chi connectivity index (χ3n) is 4.99. The monoisotopic (exact) mass is 318 g/mol. The van der Waals surface area contributed by atoms with Gasteiger partial charge in [0.05, 0.1) is 0 Å². The molecule has 3 heteroatoms. The number of allylic oxidation sites excluding steroid dienone is 5. The van der Waals surface area contributed by atoms with E-state index in [9.17, 15) is 0 Å². The van der Waals surface area contributed by atoms with E-state index in [-0.39, 0.29) is 0 Å². The molecule has 2 aliphatic carbocycles. The van der Waals surface area contributed by atoms with Crippen molar-refractivity contribution in [1.82, 2.24) is 0 Å². The second-order valence-electron chi connectivity index (χ2n) is 6.53. The zero-order chi connectivity index (χ0) is 14.2. The first-order valence-corrected chi connectivity index (χ1v) is 10.8. The molecule has 0 fully saturated rings. The maximum atomic E-state index is 6.78. The van der Waals surface area contributed by atoms with Gasteiger partial charge in [-0.05, 0) is 34.8 Å². The van der Waals surface area contributed by atoms with Gasteiger partial charge in [0, 0.05) is 16.0 Å². The van der Waals surface area contributed by atoms with Crippen molar-refractivity contribution in [1.29, 1.82) is 0 Å². The Morgan fingerprint density at radius 1 is 1.15 bits per heavy atom. The lowest BCUT2D eigenvalue weighted by Gasteiger charge is -2.41. The molecule has 102 valence electrons. The van der Waals surface area contributed by atoms with E-state index in [1.54, 1.807) is 0 Å². The Morgan fingerprint density at radius 2 is 1.90 bits per heavy atom. The largest absolute Gasteiger partial charge is 0.118 e. The van der Waals surface area contributed by atoms with Crippen LogP contribution in [-0.2, 0) is 0 Å². The SMILES string of the molecule is CC1=Cc2c(c(Cl)c3c(Cl)c2[Si]3(C)C)C1C1=CC=CC1. The average molecular weight is 319 g/mol. The van der Waals surface area contributed by atoms with Crippen LogP contribution in [-0.4, -0.2) is 8.07 Å². The highest BCUT2D eigenvalue weighted by Gasteiger charge is 2.48. The molecule has 1 unspecified atom stereocenters. The van der Waals surface area contributed by atoms with E-state index < -0.39 is 8.07 Å². The summed E-state index contributed by atoms with van der Waals surface area (Å²) in [4.78, 5) is 0. The number of rotatable bonds is 1. The second kappa shape index (κ2) is 3.91. The van der Waals surface area contributed by atoms with Gasteiger partial charge in [-0.3, -0.25) is 0 Å². The zero-order valence-corrected chi connectivity index (χ0v) is 14.4. The molecular formula is C17H16Cl2Si. The average Bonchev–Trinajstić information content (AvgIpc) is 2.94. The van der Waals surface area contributed by atoms with Gasteiger partial charge in [-0.15, -0.1) is 0 Å². The predicted molar refractivity (Wildman–Crippen MR) is 91.4 cm³/mol. The molecule has 5 rings (SSSR count). The smallest absolute Gasteiger partial charge is 0.0845 e. The minimum absolute atomic E-state index is 0.368. The van der Waals surface area contributed by atoms with Crippen molar-refractivity contribution >= 4 is 47.7 Å². The summed E-state index contributed by atoms with van der Waals surface area (Å²) in [6, 6.07) is 0. The van der Waals surface area contributed by atoms with Crippen molar-refractivity contribution in [3.05, 3.63) is 50.5 Å². The Hall–Kier alpha value is -0.763. The summed E-state index contributed by atoms with van der Waals surface area (Å²) in [7, 11) is -1.55. The topological polar surface area (TPSA) is 0 Å². The molecule has 4 aliphatic rings. The summed E-state index contributed by atoms with van der Waals surface area (Å²) in [5.41, 5.74) is 5.51. The summed E-state index contributed by atoms with van der Waals surface area (Å²) in [6.45, 7) is 6.92. The first-order valence-electron chi connectivity index (χ1n) is 7.04. The molecule has 0 saturated carbocycles. The van der Waals surface area contributed by atoms with Crippen LogP contribution >= 0.6 is 23.2 Å². The van der Waals surface area contributed by atoms with Gasteiger partial charge in [0.25, 0.3) is 0 Å². The lowest BCUT2D eigenvalue weighted by atomic mass is 9.88. The van der Waals surface area contributed by atoms with Gasteiger partial charge in [-0.2, -0.15) is 0 Å². The molecule has 1 aromatic carbocycles. The number of hydrogen-bond acceptors (Lipinski definition) is 0. The molecule has 0 spiro atoms. The molecule has 0 saturated heterocycles. The van der Waals surface area contributed by atoms with Crippen LogP contribution in [0.25, 0.3) is 6.08 Å². The molecule has 0 N–H and O–H groups in total. The van der Waals surface area contributed by atoms with E-state index in [1.807, 2.05) is 0 Å². The van der Waals surface area contributed by atoms with Crippen molar-refractivity contribution in [2.24, 2.45) is 0 Å². The Balaban J connectivity index is 1.97. The minimum Gasteiger partial charge on any atom is -0.0845 e. The number of benzene rings is 1. The highest BCUT2D eigenvalue weighted by atomic mass is 35.5. The molecule has 2 heterocycles. The van der Waals surface area contributed by atoms with Crippen LogP contribution in [0.5, 0.6) is 0 Å². The van der Waals surface area contributed by atoms with E-state index >= 15 is 0 Å². The maximum Gasteiger partial charge on any atom is 0.118 e. The second-order valence-corrected chi connectivity index (χ2v) is 11.5. The van der Waals surface area contributed by atoms with E-state index in [0.29, 0.717) is 5.92 Å². The Labute approximate surface area is 130 Å². The van der Waals surface area contributed by atoms with Crippen LogP contribution in [0.4, 0.5) is 0 Å². The fourth-order valence-corrected chi connectivity index (χ4v) is 9.73. The normalized spacial score (nSPS) is 24.4. The highest BCUT2D eigenvalue weighted by Crippen LogP contribution is 2.49. The summed E-state index contributed by atoms with van der Waals surface area (Å²) < 4.78 is 0. The summed E-state index contributed by atoms with van der Waals surface area (Å²) in [6.07, 6.45) is 9.97. The van der Waals surface area contributed by atoms with Gasteiger partial charge < -0.3 is 0 Å². The van der Waals surface area contributed by atoms with Crippen molar-refractivity contribution < 1.29 is 0 Å². The van der Waals surface area contributed by atoms with Crippen LogP contribution in [0, 0.1) is 0 Å². The maximum absolute atomic E-state index is 6.78. The van der Waals surface area contributed by atoms with Crippen LogP contribution in [0.2, 0.25) is 23.1 Å². The zero-order valence-electron chi connectivity index (χ0n) is 11.8. The molecule has 1 atom stereocenters. The fourth-order valence-electron chi connectivity index (χ4n) is 4.08. The quantitative estimate of drug-likeness (QED) is 0.668. The van der Waals surface area contributed by atoms with Gasteiger partial charge in [0.15, 0.2) is 0 Å². The number of halogens is 2. The third-order valence-corrected chi connectivity index (χ3v) is 9.76. The molecule has 1 aromatic rings. The predicted octanol–water partition coefficient (Wildman–Crippen LogP) is 4.52. The molecule has 2 bridgehead atoms.